The lowest BCUT2D eigenvalue weighted by Crippen LogP contribution is -2.08. The summed E-state index contributed by atoms with van der Waals surface area (Å²) < 4.78 is 5.71. The van der Waals surface area contributed by atoms with E-state index in [1.54, 1.807) is 6.33 Å². The zero-order valence-corrected chi connectivity index (χ0v) is 12.7. The van der Waals surface area contributed by atoms with Crippen LogP contribution in [-0.2, 0) is 17.9 Å². The summed E-state index contributed by atoms with van der Waals surface area (Å²) in [5.74, 6) is 0.752. The quantitative estimate of drug-likeness (QED) is 0.731. The van der Waals surface area contributed by atoms with Crippen LogP contribution in [0.4, 0.5) is 5.82 Å². The third kappa shape index (κ3) is 3.23. The molecule has 0 saturated heterocycles. The Kier molecular flexibility index (Phi) is 4.29. The number of nitrogens with zero attached hydrogens (tertiary/aromatic N) is 3. The summed E-state index contributed by atoms with van der Waals surface area (Å²) in [7, 11) is 0. The molecule has 2 N–H and O–H groups in total. The third-order valence-corrected chi connectivity index (χ3v) is 3.36. The van der Waals surface area contributed by atoms with Gasteiger partial charge >= 0.3 is 0 Å². The zero-order chi connectivity index (χ0) is 15.4. The molecule has 0 radical (unpaired) electrons. The van der Waals surface area contributed by atoms with Gasteiger partial charge in [0, 0.05) is 6.54 Å². The van der Waals surface area contributed by atoms with Crippen molar-refractivity contribution in [2.75, 3.05) is 5.32 Å². The predicted molar refractivity (Wildman–Crippen MR) is 85.4 cm³/mol. The average molecular weight is 297 g/mol. The Bertz CT molecular complexity index is 753. The summed E-state index contributed by atoms with van der Waals surface area (Å²) in [4.78, 5) is 15.6. The van der Waals surface area contributed by atoms with E-state index >= 15 is 0 Å². The highest BCUT2D eigenvalue weighted by molar-refractivity contribution is 5.81. The Hall–Kier alpha value is -2.47. The molecule has 0 fully saturated rings. The molecule has 0 aliphatic heterocycles. The molecule has 1 aromatic carbocycles. The number of ether oxygens (including phenoxy) is 1. The molecule has 2 aromatic heterocycles. The number of fused-ring (bicyclic) bond motifs is 1. The van der Waals surface area contributed by atoms with Crippen LogP contribution in [0, 0.1) is 0 Å². The zero-order valence-electron chi connectivity index (χ0n) is 12.7. The van der Waals surface area contributed by atoms with Crippen molar-refractivity contribution in [3.63, 3.8) is 0 Å². The number of anilines is 1. The predicted octanol–water partition coefficient (Wildman–Crippen LogP) is 2.89. The number of rotatable bonds is 6. The van der Waals surface area contributed by atoms with Crippen LogP contribution < -0.4 is 5.32 Å². The largest absolute Gasteiger partial charge is 0.374 e. The highest BCUT2D eigenvalue weighted by atomic mass is 16.5. The fourth-order valence-electron chi connectivity index (χ4n) is 2.21. The van der Waals surface area contributed by atoms with E-state index in [1.807, 2.05) is 26.0 Å². The lowest BCUT2D eigenvalue weighted by molar-refractivity contribution is 0.0653. The Morgan fingerprint density at radius 1 is 1.14 bits per heavy atom. The maximum absolute atomic E-state index is 5.71. The molecule has 3 aromatic rings. The first-order valence-electron chi connectivity index (χ1n) is 7.30. The summed E-state index contributed by atoms with van der Waals surface area (Å²) in [6.07, 6.45) is 3.35. The van der Waals surface area contributed by atoms with Crippen LogP contribution in [0.25, 0.3) is 11.2 Å². The second-order valence-corrected chi connectivity index (χ2v) is 5.31. The van der Waals surface area contributed by atoms with Gasteiger partial charge in [-0.05, 0) is 25.0 Å². The van der Waals surface area contributed by atoms with Gasteiger partial charge in [0.15, 0.2) is 11.5 Å². The van der Waals surface area contributed by atoms with E-state index in [2.05, 4.69) is 37.4 Å². The molecule has 2 heterocycles. The van der Waals surface area contributed by atoms with Gasteiger partial charge in [0.25, 0.3) is 0 Å². The van der Waals surface area contributed by atoms with Crippen molar-refractivity contribution in [3.8, 4) is 0 Å². The van der Waals surface area contributed by atoms with Gasteiger partial charge in [-0.15, -0.1) is 0 Å². The van der Waals surface area contributed by atoms with Gasteiger partial charge in [0.2, 0.25) is 0 Å². The molecule has 0 amide bonds. The number of H-pyrrole nitrogens is 1. The summed E-state index contributed by atoms with van der Waals surface area (Å²) >= 11 is 0. The maximum Gasteiger partial charge on any atom is 0.182 e. The minimum Gasteiger partial charge on any atom is -0.374 e. The van der Waals surface area contributed by atoms with Gasteiger partial charge in [0.1, 0.15) is 11.8 Å². The average Bonchev–Trinajstić information content (AvgIpc) is 3.00. The summed E-state index contributed by atoms with van der Waals surface area (Å²) in [5.41, 5.74) is 3.85. The van der Waals surface area contributed by atoms with Gasteiger partial charge in [-0.3, -0.25) is 0 Å². The second kappa shape index (κ2) is 6.53. The Labute approximate surface area is 129 Å². The van der Waals surface area contributed by atoms with E-state index < -0.39 is 0 Å². The van der Waals surface area contributed by atoms with E-state index in [0.29, 0.717) is 18.8 Å². The van der Waals surface area contributed by atoms with Crippen LogP contribution in [0.1, 0.15) is 25.0 Å². The number of benzene rings is 1. The molecule has 3 rings (SSSR count). The molecule has 6 heteroatoms. The molecule has 0 bridgehead atoms. The van der Waals surface area contributed by atoms with E-state index in [-0.39, 0.29) is 6.10 Å². The van der Waals surface area contributed by atoms with Gasteiger partial charge < -0.3 is 15.0 Å². The van der Waals surface area contributed by atoms with Crippen molar-refractivity contribution >= 4 is 17.0 Å². The second-order valence-electron chi connectivity index (χ2n) is 5.31. The Balaban J connectivity index is 1.75. The number of imidazole rings is 1. The monoisotopic (exact) mass is 297 g/mol. The molecule has 0 aliphatic carbocycles. The molecular weight excluding hydrogens is 278 g/mol. The van der Waals surface area contributed by atoms with Gasteiger partial charge in [-0.2, -0.15) is 0 Å². The molecule has 114 valence electrons. The summed E-state index contributed by atoms with van der Waals surface area (Å²) in [6.45, 7) is 5.36. The first-order valence-corrected chi connectivity index (χ1v) is 7.30. The summed E-state index contributed by atoms with van der Waals surface area (Å²) in [5, 5.41) is 3.34. The molecular formula is C16H19N5O. The van der Waals surface area contributed by atoms with Crippen molar-refractivity contribution in [3.05, 3.63) is 48.0 Å². The van der Waals surface area contributed by atoms with Crippen molar-refractivity contribution in [1.29, 1.82) is 0 Å². The van der Waals surface area contributed by atoms with Crippen LogP contribution in [0.2, 0.25) is 0 Å². The topological polar surface area (TPSA) is 75.7 Å². The molecule has 0 aliphatic rings. The molecule has 22 heavy (non-hydrogen) atoms. The maximum atomic E-state index is 5.71. The first kappa shape index (κ1) is 14.5. The van der Waals surface area contributed by atoms with Crippen LogP contribution in [0.15, 0.2) is 36.9 Å². The molecule has 0 spiro atoms. The van der Waals surface area contributed by atoms with Crippen molar-refractivity contribution in [1.82, 2.24) is 19.9 Å². The van der Waals surface area contributed by atoms with Crippen molar-refractivity contribution < 1.29 is 4.74 Å². The van der Waals surface area contributed by atoms with Gasteiger partial charge in [0.05, 0.1) is 19.0 Å². The smallest absolute Gasteiger partial charge is 0.182 e. The lowest BCUT2D eigenvalue weighted by Gasteiger charge is -2.13. The van der Waals surface area contributed by atoms with Gasteiger partial charge in [-0.1, -0.05) is 24.3 Å². The van der Waals surface area contributed by atoms with Crippen LogP contribution in [0.5, 0.6) is 0 Å². The fourth-order valence-corrected chi connectivity index (χ4v) is 2.21. The molecule has 6 nitrogen and oxygen atoms in total. The standard InChI is InChI=1S/C16H19N5O/c1-11(2)22-8-13-6-4-3-5-12(13)7-17-15-14-16(19-9-18-14)21-10-20-15/h3-6,9-11H,7-8H2,1-2H3,(H2,17,18,19,20,21). The van der Waals surface area contributed by atoms with Crippen LogP contribution >= 0.6 is 0 Å². The minimum atomic E-state index is 0.215. The summed E-state index contributed by atoms with van der Waals surface area (Å²) in [6, 6.07) is 8.24. The third-order valence-electron chi connectivity index (χ3n) is 3.36. The number of hydrogen-bond acceptors (Lipinski definition) is 5. The normalized spacial score (nSPS) is 11.2. The first-order chi connectivity index (χ1) is 10.7. The molecule has 0 atom stereocenters. The highest BCUT2D eigenvalue weighted by Gasteiger charge is 2.07. The van der Waals surface area contributed by atoms with Crippen LogP contribution in [-0.4, -0.2) is 26.0 Å². The van der Waals surface area contributed by atoms with Crippen LogP contribution in [0.3, 0.4) is 0 Å². The highest BCUT2D eigenvalue weighted by Crippen LogP contribution is 2.17. The van der Waals surface area contributed by atoms with E-state index in [1.165, 1.54) is 17.5 Å². The van der Waals surface area contributed by atoms with Crippen molar-refractivity contribution in [2.45, 2.75) is 33.1 Å². The minimum absolute atomic E-state index is 0.215. The molecule has 0 saturated carbocycles. The van der Waals surface area contributed by atoms with Gasteiger partial charge in [-0.25, -0.2) is 15.0 Å². The fraction of sp³-hybridized carbons (Fsp3) is 0.312. The van der Waals surface area contributed by atoms with Crippen molar-refractivity contribution in [2.24, 2.45) is 0 Å². The molecule has 0 unspecified atom stereocenters. The van der Waals surface area contributed by atoms with E-state index in [4.69, 9.17) is 4.74 Å². The Morgan fingerprint density at radius 2 is 1.95 bits per heavy atom. The lowest BCUT2D eigenvalue weighted by atomic mass is 10.1. The van der Waals surface area contributed by atoms with E-state index in [0.717, 1.165) is 11.3 Å². The number of aromatic nitrogens is 4. The number of aromatic amines is 1. The number of hydrogen-bond donors (Lipinski definition) is 2. The SMILES string of the molecule is CC(C)OCc1ccccc1CNc1ncnc2nc[nH]c12. The Morgan fingerprint density at radius 3 is 2.77 bits per heavy atom. The number of nitrogens with one attached hydrogen (secondary N) is 2. The van der Waals surface area contributed by atoms with E-state index in [9.17, 15) is 0 Å².